The summed E-state index contributed by atoms with van der Waals surface area (Å²) in [6.07, 6.45) is 5.32. The number of fused-ring (bicyclic) bond motifs is 2. The molecule has 4 heterocycles. The summed E-state index contributed by atoms with van der Waals surface area (Å²) in [5.41, 5.74) is 3.62. The van der Waals surface area contributed by atoms with Gasteiger partial charge in [-0.25, -0.2) is 9.97 Å². The van der Waals surface area contributed by atoms with Gasteiger partial charge in [-0.2, -0.15) is 5.10 Å². The van der Waals surface area contributed by atoms with E-state index in [2.05, 4.69) is 33.2 Å². The number of anilines is 1. The number of nitrogens with zero attached hydrogens (tertiary/aromatic N) is 7. The van der Waals surface area contributed by atoms with Crippen LogP contribution in [0, 0.1) is 0 Å². The van der Waals surface area contributed by atoms with Gasteiger partial charge in [-0.05, 0) is 24.3 Å². The van der Waals surface area contributed by atoms with E-state index in [4.69, 9.17) is 15.0 Å². The average molecular weight is 381 g/mol. The Morgan fingerprint density at radius 1 is 0.931 bits per heavy atom. The summed E-state index contributed by atoms with van der Waals surface area (Å²) in [7, 11) is 3.90. The Kier molecular flexibility index (Phi) is 4.13. The Hall–Kier alpha value is -3.87. The molecular weight excluding hydrogens is 362 g/mol. The first-order valence-electron chi connectivity index (χ1n) is 9.35. The first-order chi connectivity index (χ1) is 14.2. The minimum Gasteiger partial charge on any atom is -0.353 e. The summed E-state index contributed by atoms with van der Waals surface area (Å²) in [6.45, 7) is 0.623. The number of para-hydroxylation sites is 1. The van der Waals surface area contributed by atoms with Crippen LogP contribution in [0.1, 0.15) is 5.69 Å². The van der Waals surface area contributed by atoms with Crippen molar-refractivity contribution in [3.05, 3.63) is 72.8 Å². The molecule has 29 heavy (non-hydrogen) atoms. The third-order valence-electron chi connectivity index (χ3n) is 4.91. The van der Waals surface area contributed by atoms with Crippen molar-refractivity contribution in [1.82, 2.24) is 29.7 Å². The molecule has 0 aliphatic heterocycles. The molecule has 5 rings (SSSR count). The molecule has 0 spiro atoms. The molecule has 0 bridgehead atoms. The lowest BCUT2D eigenvalue weighted by atomic mass is 10.2. The highest BCUT2D eigenvalue weighted by Gasteiger charge is 2.16. The van der Waals surface area contributed by atoms with E-state index in [1.54, 1.807) is 17.1 Å². The normalized spacial score (nSPS) is 11.2. The van der Waals surface area contributed by atoms with Crippen molar-refractivity contribution in [3.63, 3.8) is 0 Å². The van der Waals surface area contributed by atoms with Crippen LogP contribution in [0.5, 0.6) is 0 Å². The van der Waals surface area contributed by atoms with Crippen molar-refractivity contribution in [2.24, 2.45) is 7.05 Å². The lowest BCUT2D eigenvalue weighted by Gasteiger charge is -2.19. The third-order valence-corrected chi connectivity index (χ3v) is 4.91. The van der Waals surface area contributed by atoms with Gasteiger partial charge >= 0.3 is 0 Å². The van der Waals surface area contributed by atoms with Crippen LogP contribution in [-0.4, -0.2) is 36.8 Å². The zero-order valence-corrected chi connectivity index (χ0v) is 16.2. The molecule has 1 aromatic carbocycles. The quantitative estimate of drug-likeness (QED) is 0.474. The summed E-state index contributed by atoms with van der Waals surface area (Å²) in [6, 6.07) is 16.1. The number of hydrogen-bond acceptors (Lipinski definition) is 6. The van der Waals surface area contributed by atoms with E-state index in [-0.39, 0.29) is 0 Å². The molecule has 0 amide bonds. The van der Waals surface area contributed by atoms with E-state index in [0.29, 0.717) is 12.4 Å². The number of rotatable bonds is 4. The average Bonchev–Trinajstić information content (AvgIpc) is 3.14. The molecule has 5 aromatic rings. The molecule has 0 saturated carbocycles. The first-order valence-corrected chi connectivity index (χ1v) is 9.35. The maximum Gasteiger partial charge on any atom is 0.165 e. The summed E-state index contributed by atoms with van der Waals surface area (Å²) in [4.78, 5) is 20.6. The van der Waals surface area contributed by atoms with Gasteiger partial charge in [-0.3, -0.25) is 14.6 Å². The smallest absolute Gasteiger partial charge is 0.165 e. The largest absolute Gasteiger partial charge is 0.353 e. The molecule has 7 heteroatoms. The topological polar surface area (TPSA) is 72.6 Å². The van der Waals surface area contributed by atoms with Crippen molar-refractivity contribution in [2.75, 3.05) is 11.9 Å². The van der Waals surface area contributed by atoms with Crippen LogP contribution in [-0.2, 0) is 13.6 Å². The Labute approximate surface area is 167 Å². The van der Waals surface area contributed by atoms with E-state index in [1.807, 2.05) is 50.6 Å². The van der Waals surface area contributed by atoms with Crippen LogP contribution in [0.3, 0.4) is 0 Å². The predicted molar refractivity (Wildman–Crippen MR) is 113 cm³/mol. The number of aryl methyl sites for hydroxylation is 1. The lowest BCUT2D eigenvalue weighted by Crippen LogP contribution is -2.19. The molecule has 0 atom stereocenters. The van der Waals surface area contributed by atoms with Crippen molar-refractivity contribution in [3.8, 4) is 11.4 Å². The molecule has 0 unspecified atom stereocenters. The Morgan fingerprint density at radius 2 is 1.83 bits per heavy atom. The number of aromatic nitrogens is 6. The minimum absolute atomic E-state index is 0.623. The van der Waals surface area contributed by atoms with E-state index in [0.717, 1.165) is 39.0 Å². The second-order valence-electron chi connectivity index (χ2n) is 6.97. The van der Waals surface area contributed by atoms with Gasteiger partial charge in [0, 0.05) is 37.4 Å². The summed E-state index contributed by atoms with van der Waals surface area (Å²) in [5, 5.41) is 6.42. The van der Waals surface area contributed by atoms with Gasteiger partial charge in [0.05, 0.1) is 29.3 Å². The third kappa shape index (κ3) is 3.16. The van der Waals surface area contributed by atoms with Gasteiger partial charge in [0.1, 0.15) is 5.82 Å². The van der Waals surface area contributed by atoms with Crippen LogP contribution in [0.2, 0.25) is 0 Å². The molecule has 0 aliphatic carbocycles. The monoisotopic (exact) mass is 381 g/mol. The zero-order chi connectivity index (χ0) is 19.8. The number of hydrogen-bond donors (Lipinski definition) is 0. The Morgan fingerprint density at radius 3 is 2.69 bits per heavy atom. The molecule has 0 radical (unpaired) electrons. The van der Waals surface area contributed by atoms with Crippen molar-refractivity contribution in [2.45, 2.75) is 6.54 Å². The summed E-state index contributed by atoms with van der Waals surface area (Å²) >= 11 is 0. The van der Waals surface area contributed by atoms with Crippen LogP contribution in [0.25, 0.3) is 33.3 Å². The van der Waals surface area contributed by atoms with Gasteiger partial charge in [-0.15, -0.1) is 0 Å². The standard InChI is InChI=1S/C22H19N7/c1-28(14-17-10-9-15-6-3-4-8-19(15)25-17)21-18-13-24-29(2)22(18)27-20(26-21)16-7-5-11-23-12-16/h3-13H,14H2,1-2H3. The second kappa shape index (κ2) is 6.94. The molecule has 0 N–H and O–H groups in total. The fraction of sp³-hybridized carbons (Fsp3) is 0.136. The second-order valence-corrected chi connectivity index (χ2v) is 6.97. The fourth-order valence-electron chi connectivity index (χ4n) is 3.44. The Balaban J connectivity index is 1.57. The van der Waals surface area contributed by atoms with Gasteiger partial charge in [-0.1, -0.05) is 24.3 Å². The van der Waals surface area contributed by atoms with Crippen molar-refractivity contribution >= 4 is 27.8 Å². The number of pyridine rings is 2. The molecule has 0 aliphatic rings. The van der Waals surface area contributed by atoms with Gasteiger partial charge in [0.25, 0.3) is 0 Å². The molecule has 0 saturated heterocycles. The molecule has 7 nitrogen and oxygen atoms in total. The molecule has 142 valence electrons. The fourth-order valence-corrected chi connectivity index (χ4v) is 3.44. The van der Waals surface area contributed by atoms with Crippen LogP contribution >= 0.6 is 0 Å². The molecule has 4 aromatic heterocycles. The van der Waals surface area contributed by atoms with Crippen LogP contribution in [0.4, 0.5) is 5.82 Å². The van der Waals surface area contributed by atoms with Crippen molar-refractivity contribution in [1.29, 1.82) is 0 Å². The van der Waals surface area contributed by atoms with Crippen molar-refractivity contribution < 1.29 is 0 Å². The minimum atomic E-state index is 0.623. The van der Waals surface area contributed by atoms with Gasteiger partial charge in [0.2, 0.25) is 0 Å². The maximum atomic E-state index is 4.84. The zero-order valence-electron chi connectivity index (χ0n) is 16.2. The van der Waals surface area contributed by atoms with Crippen LogP contribution < -0.4 is 4.90 Å². The molecular formula is C22H19N7. The highest BCUT2D eigenvalue weighted by atomic mass is 15.3. The highest BCUT2D eigenvalue weighted by Crippen LogP contribution is 2.27. The first kappa shape index (κ1) is 17.2. The van der Waals surface area contributed by atoms with Gasteiger partial charge < -0.3 is 4.90 Å². The van der Waals surface area contributed by atoms with E-state index >= 15 is 0 Å². The predicted octanol–water partition coefficient (Wildman–Crippen LogP) is 3.61. The SMILES string of the molecule is CN(Cc1ccc2ccccc2n1)c1nc(-c2cccnc2)nc2c1cnn2C. The summed E-state index contributed by atoms with van der Waals surface area (Å²) < 4.78 is 1.77. The van der Waals surface area contributed by atoms with Crippen LogP contribution in [0.15, 0.2) is 67.1 Å². The van der Waals surface area contributed by atoms with E-state index < -0.39 is 0 Å². The summed E-state index contributed by atoms with van der Waals surface area (Å²) in [5.74, 6) is 1.44. The highest BCUT2D eigenvalue weighted by molar-refractivity contribution is 5.88. The van der Waals surface area contributed by atoms with E-state index in [1.165, 1.54) is 0 Å². The van der Waals surface area contributed by atoms with E-state index in [9.17, 15) is 0 Å². The maximum absolute atomic E-state index is 4.84. The Bertz CT molecular complexity index is 1310. The van der Waals surface area contributed by atoms with Gasteiger partial charge in [0.15, 0.2) is 11.5 Å². The molecule has 0 fully saturated rings. The lowest BCUT2D eigenvalue weighted by molar-refractivity contribution is 0.785. The number of benzene rings is 1.